The predicted molar refractivity (Wildman–Crippen MR) is 66.4 cm³/mol. The summed E-state index contributed by atoms with van der Waals surface area (Å²) in [6.45, 7) is 5.72. The van der Waals surface area contributed by atoms with E-state index in [-0.39, 0.29) is 18.9 Å². The first-order valence-corrected chi connectivity index (χ1v) is 5.28. The van der Waals surface area contributed by atoms with Gasteiger partial charge in [0.15, 0.2) is 0 Å². The standard InChI is InChI=1S/C9H12O3.C4H9.Li/c1-10-7-4-8(11-2)6-9(5-7)12-3;1-3-4-2;/h4-6H,1-3H3;1,3-4H2,2H3;/q;-1;+1. The van der Waals surface area contributed by atoms with Gasteiger partial charge in [-0.05, 0) is 0 Å². The molecule has 4 heteroatoms. The van der Waals surface area contributed by atoms with Gasteiger partial charge in [0.2, 0.25) is 0 Å². The summed E-state index contributed by atoms with van der Waals surface area (Å²) in [7, 11) is 4.82. The van der Waals surface area contributed by atoms with E-state index in [0.717, 1.165) is 23.7 Å². The summed E-state index contributed by atoms with van der Waals surface area (Å²) in [5.41, 5.74) is 0. The van der Waals surface area contributed by atoms with Crippen LogP contribution in [0.15, 0.2) is 18.2 Å². The van der Waals surface area contributed by atoms with Crippen LogP contribution in [-0.4, -0.2) is 21.3 Å². The molecule has 3 nitrogen and oxygen atoms in total. The Morgan fingerprint density at radius 3 is 1.24 bits per heavy atom. The van der Waals surface area contributed by atoms with Crippen LogP contribution in [0.2, 0.25) is 0 Å². The van der Waals surface area contributed by atoms with Crippen molar-refractivity contribution in [2.75, 3.05) is 21.3 Å². The van der Waals surface area contributed by atoms with Crippen LogP contribution >= 0.6 is 0 Å². The first-order chi connectivity index (χ1) is 7.71. The van der Waals surface area contributed by atoms with Crippen molar-refractivity contribution >= 4 is 0 Å². The fourth-order valence-corrected chi connectivity index (χ4v) is 0.899. The normalized spacial score (nSPS) is 8.29. The smallest absolute Gasteiger partial charge is 0.496 e. The van der Waals surface area contributed by atoms with Gasteiger partial charge in [-0.2, -0.15) is 6.42 Å². The summed E-state index contributed by atoms with van der Waals surface area (Å²) in [5, 5.41) is 0. The Hall–Kier alpha value is -0.783. The number of hydrogen-bond donors (Lipinski definition) is 0. The van der Waals surface area contributed by atoms with E-state index >= 15 is 0 Å². The third kappa shape index (κ3) is 8.01. The Morgan fingerprint density at radius 2 is 1.12 bits per heavy atom. The molecule has 0 bridgehead atoms. The maximum Gasteiger partial charge on any atom is 1.00 e. The average molecular weight is 232 g/mol. The van der Waals surface area contributed by atoms with Crippen molar-refractivity contribution in [1.29, 1.82) is 0 Å². The first kappa shape index (κ1) is 18.6. The predicted octanol–water partition coefficient (Wildman–Crippen LogP) is 0.337. The van der Waals surface area contributed by atoms with Crippen LogP contribution in [0.1, 0.15) is 19.8 Å². The summed E-state index contributed by atoms with van der Waals surface area (Å²) in [6, 6.07) is 5.38. The van der Waals surface area contributed by atoms with Crippen LogP contribution < -0.4 is 33.1 Å². The molecule has 0 aliphatic rings. The van der Waals surface area contributed by atoms with E-state index in [9.17, 15) is 0 Å². The summed E-state index contributed by atoms with van der Waals surface area (Å²) >= 11 is 0. The average Bonchev–Trinajstić information content (AvgIpc) is 2.38. The van der Waals surface area contributed by atoms with Crippen LogP contribution in [0.5, 0.6) is 17.2 Å². The number of unbranched alkanes of at least 4 members (excludes halogenated alkanes) is 1. The van der Waals surface area contributed by atoms with Crippen molar-refractivity contribution < 1.29 is 33.1 Å². The molecular formula is C13H21LiO3. The van der Waals surface area contributed by atoms with E-state index in [1.54, 1.807) is 39.5 Å². The minimum absolute atomic E-state index is 0. The Kier molecular flexibility index (Phi) is 12.8. The maximum absolute atomic E-state index is 5.04. The summed E-state index contributed by atoms with van der Waals surface area (Å²) in [6.07, 6.45) is 2.28. The zero-order chi connectivity index (χ0) is 12.4. The van der Waals surface area contributed by atoms with Crippen molar-refractivity contribution in [3.8, 4) is 17.2 Å². The molecule has 0 heterocycles. The molecule has 17 heavy (non-hydrogen) atoms. The van der Waals surface area contributed by atoms with Crippen molar-refractivity contribution in [2.24, 2.45) is 0 Å². The molecule has 0 unspecified atom stereocenters. The van der Waals surface area contributed by atoms with Crippen molar-refractivity contribution in [1.82, 2.24) is 0 Å². The molecule has 0 amide bonds. The van der Waals surface area contributed by atoms with Crippen LogP contribution in [0.4, 0.5) is 0 Å². The van der Waals surface area contributed by atoms with Crippen LogP contribution in [0, 0.1) is 6.92 Å². The maximum atomic E-state index is 5.04. The van der Waals surface area contributed by atoms with Crippen LogP contribution in [-0.2, 0) is 0 Å². The third-order valence-corrected chi connectivity index (χ3v) is 1.91. The third-order valence-electron chi connectivity index (χ3n) is 1.91. The fourth-order valence-electron chi connectivity index (χ4n) is 0.899. The van der Waals surface area contributed by atoms with Crippen LogP contribution in [0.3, 0.4) is 0 Å². The topological polar surface area (TPSA) is 27.7 Å². The van der Waals surface area contributed by atoms with E-state index in [0.29, 0.717) is 0 Å². The molecule has 1 aromatic carbocycles. The molecule has 0 saturated heterocycles. The molecule has 0 spiro atoms. The minimum Gasteiger partial charge on any atom is -0.496 e. The monoisotopic (exact) mass is 232 g/mol. The molecule has 0 N–H and O–H groups in total. The first-order valence-electron chi connectivity index (χ1n) is 5.28. The Bertz CT molecular complexity index is 233. The number of rotatable bonds is 4. The number of ether oxygens (including phenoxy) is 3. The fraction of sp³-hybridized carbons (Fsp3) is 0.462. The van der Waals surface area contributed by atoms with E-state index in [4.69, 9.17) is 14.2 Å². The van der Waals surface area contributed by atoms with Gasteiger partial charge in [-0.15, -0.1) is 0 Å². The van der Waals surface area contributed by atoms with Gasteiger partial charge in [0.1, 0.15) is 17.2 Å². The summed E-state index contributed by atoms with van der Waals surface area (Å²) in [4.78, 5) is 0. The van der Waals surface area contributed by atoms with Gasteiger partial charge in [-0.1, -0.05) is 13.3 Å². The molecule has 0 aromatic heterocycles. The van der Waals surface area contributed by atoms with Gasteiger partial charge < -0.3 is 21.1 Å². The molecule has 1 aromatic rings. The van der Waals surface area contributed by atoms with E-state index in [1.807, 2.05) is 0 Å². The number of hydrogen-bond acceptors (Lipinski definition) is 3. The van der Waals surface area contributed by atoms with Gasteiger partial charge in [0.05, 0.1) is 21.3 Å². The molecule has 0 aliphatic heterocycles. The molecule has 0 aliphatic carbocycles. The van der Waals surface area contributed by atoms with Gasteiger partial charge in [0, 0.05) is 18.2 Å². The molecule has 92 valence electrons. The Morgan fingerprint density at radius 1 is 0.882 bits per heavy atom. The van der Waals surface area contributed by atoms with Gasteiger partial charge in [-0.3, -0.25) is 0 Å². The largest absolute Gasteiger partial charge is 1.00 e. The van der Waals surface area contributed by atoms with E-state index in [2.05, 4.69) is 13.8 Å². The van der Waals surface area contributed by atoms with Crippen molar-refractivity contribution in [2.45, 2.75) is 19.8 Å². The molecule has 1 rings (SSSR count). The molecular weight excluding hydrogens is 211 g/mol. The second kappa shape index (κ2) is 11.7. The Labute approximate surface area is 117 Å². The SMILES string of the molecule is COc1cc(OC)cc(OC)c1.[CH2-]CCC.[Li+]. The Balaban J connectivity index is 0. The van der Waals surface area contributed by atoms with Gasteiger partial charge in [0.25, 0.3) is 0 Å². The van der Waals surface area contributed by atoms with Crippen molar-refractivity contribution in [3.63, 3.8) is 0 Å². The zero-order valence-electron chi connectivity index (χ0n) is 11.6. The molecule has 0 saturated carbocycles. The number of benzene rings is 1. The molecule has 0 atom stereocenters. The van der Waals surface area contributed by atoms with Gasteiger partial charge >= 0.3 is 18.9 Å². The number of methoxy groups -OCH3 is 3. The van der Waals surface area contributed by atoms with Gasteiger partial charge in [-0.25, -0.2) is 0 Å². The van der Waals surface area contributed by atoms with Crippen LogP contribution in [0.25, 0.3) is 0 Å². The quantitative estimate of drug-likeness (QED) is 0.553. The second-order valence-electron chi connectivity index (χ2n) is 3.11. The summed E-state index contributed by atoms with van der Waals surface area (Å²) < 4.78 is 15.1. The zero-order valence-corrected chi connectivity index (χ0v) is 11.6. The minimum atomic E-state index is 0. The second-order valence-corrected chi connectivity index (χ2v) is 3.11. The molecule has 0 fully saturated rings. The van der Waals surface area contributed by atoms with E-state index < -0.39 is 0 Å². The van der Waals surface area contributed by atoms with Crippen molar-refractivity contribution in [3.05, 3.63) is 25.1 Å². The van der Waals surface area contributed by atoms with E-state index in [1.165, 1.54) is 6.42 Å². The molecule has 0 radical (unpaired) electrons. The summed E-state index contributed by atoms with van der Waals surface area (Å²) in [5.74, 6) is 2.18.